The van der Waals surface area contributed by atoms with E-state index in [1.807, 2.05) is 36.4 Å². The van der Waals surface area contributed by atoms with Crippen molar-refractivity contribution in [2.45, 2.75) is 0 Å². The van der Waals surface area contributed by atoms with E-state index >= 15 is 0 Å². The Balaban J connectivity index is 2.68. The van der Waals surface area contributed by atoms with Crippen molar-refractivity contribution in [3.05, 3.63) is 51.4 Å². The fourth-order valence-corrected chi connectivity index (χ4v) is 2.64. The Kier molecular flexibility index (Phi) is 3.66. The third-order valence-corrected chi connectivity index (χ3v) is 3.69. The van der Waals surface area contributed by atoms with Gasteiger partial charge in [-0.25, -0.2) is 0 Å². The van der Waals surface area contributed by atoms with Crippen molar-refractivity contribution >= 4 is 31.9 Å². The van der Waals surface area contributed by atoms with Crippen molar-refractivity contribution in [1.82, 2.24) is 0 Å². The first-order valence-electron chi connectivity index (χ1n) is 4.81. The minimum absolute atomic E-state index is 0.862. The zero-order chi connectivity index (χ0) is 11.5. The third kappa shape index (κ3) is 2.15. The van der Waals surface area contributed by atoms with Gasteiger partial charge in [0.25, 0.3) is 0 Å². The summed E-state index contributed by atoms with van der Waals surface area (Å²) in [4.78, 5) is 0. The molecule has 0 N–H and O–H groups in total. The van der Waals surface area contributed by atoms with Gasteiger partial charge in [0.2, 0.25) is 0 Å². The topological polar surface area (TPSA) is 9.23 Å². The highest BCUT2D eigenvalue weighted by atomic mass is 79.9. The van der Waals surface area contributed by atoms with Gasteiger partial charge in [0.15, 0.2) is 0 Å². The van der Waals surface area contributed by atoms with Gasteiger partial charge >= 0.3 is 0 Å². The molecule has 0 bridgehead atoms. The molecule has 0 radical (unpaired) electrons. The average Bonchev–Trinajstić information content (AvgIpc) is 2.30. The summed E-state index contributed by atoms with van der Waals surface area (Å²) in [6, 6.07) is 14.0. The molecule has 0 aliphatic heterocycles. The van der Waals surface area contributed by atoms with E-state index in [1.54, 1.807) is 7.11 Å². The van der Waals surface area contributed by atoms with Crippen LogP contribution in [0, 0.1) is 0 Å². The molecule has 0 amide bonds. The number of rotatable bonds is 2. The van der Waals surface area contributed by atoms with E-state index in [1.165, 1.54) is 0 Å². The summed E-state index contributed by atoms with van der Waals surface area (Å²) in [6.07, 6.45) is 0. The van der Waals surface area contributed by atoms with Crippen molar-refractivity contribution in [2.24, 2.45) is 0 Å². The second kappa shape index (κ2) is 5.02. The molecule has 0 unspecified atom stereocenters. The van der Waals surface area contributed by atoms with Crippen molar-refractivity contribution < 1.29 is 4.74 Å². The van der Waals surface area contributed by atoms with Crippen LogP contribution in [0.1, 0.15) is 0 Å². The van der Waals surface area contributed by atoms with Crippen LogP contribution >= 0.6 is 31.9 Å². The second-order valence-corrected chi connectivity index (χ2v) is 5.01. The molecule has 82 valence electrons. The maximum Gasteiger partial charge on any atom is 0.127 e. The van der Waals surface area contributed by atoms with Gasteiger partial charge in [-0.2, -0.15) is 0 Å². The molecule has 0 aromatic heterocycles. The largest absolute Gasteiger partial charge is 0.496 e. The molecular weight excluding hydrogens is 332 g/mol. The van der Waals surface area contributed by atoms with Crippen LogP contribution in [0.25, 0.3) is 11.1 Å². The molecule has 1 nitrogen and oxygen atoms in total. The highest BCUT2D eigenvalue weighted by Crippen LogP contribution is 2.39. The van der Waals surface area contributed by atoms with E-state index in [2.05, 4.69) is 37.9 Å². The van der Waals surface area contributed by atoms with Crippen LogP contribution in [0.15, 0.2) is 51.4 Å². The Morgan fingerprint density at radius 3 is 2.25 bits per heavy atom. The fraction of sp³-hybridized carbons (Fsp3) is 0.0769. The third-order valence-electron chi connectivity index (χ3n) is 2.34. The molecule has 0 saturated heterocycles. The number of methoxy groups -OCH3 is 1. The fourth-order valence-electron chi connectivity index (χ4n) is 1.60. The van der Waals surface area contributed by atoms with Crippen LogP contribution in [0.2, 0.25) is 0 Å². The number of benzene rings is 2. The Labute approximate surface area is 112 Å². The van der Waals surface area contributed by atoms with Gasteiger partial charge in [0.1, 0.15) is 5.75 Å². The molecule has 0 atom stereocenters. The van der Waals surface area contributed by atoms with E-state index in [4.69, 9.17) is 4.74 Å². The quantitative estimate of drug-likeness (QED) is 0.755. The number of halogens is 2. The van der Waals surface area contributed by atoms with E-state index in [0.29, 0.717) is 0 Å². The minimum atomic E-state index is 0.862. The summed E-state index contributed by atoms with van der Waals surface area (Å²) in [5, 5.41) is 0. The minimum Gasteiger partial charge on any atom is -0.496 e. The Morgan fingerprint density at radius 2 is 1.56 bits per heavy atom. The molecule has 16 heavy (non-hydrogen) atoms. The van der Waals surface area contributed by atoms with Gasteiger partial charge in [0.05, 0.1) is 7.11 Å². The molecule has 0 heterocycles. The molecule has 2 rings (SSSR count). The first-order chi connectivity index (χ1) is 7.74. The van der Waals surface area contributed by atoms with E-state index in [9.17, 15) is 0 Å². The maximum absolute atomic E-state index is 5.38. The lowest BCUT2D eigenvalue weighted by Gasteiger charge is -2.12. The monoisotopic (exact) mass is 340 g/mol. The zero-order valence-electron chi connectivity index (χ0n) is 8.71. The van der Waals surface area contributed by atoms with Crippen molar-refractivity contribution in [2.75, 3.05) is 7.11 Å². The molecule has 0 saturated carbocycles. The lowest BCUT2D eigenvalue weighted by molar-refractivity contribution is 0.416. The van der Waals surface area contributed by atoms with E-state index in [-0.39, 0.29) is 0 Å². The molecule has 2 aromatic carbocycles. The summed E-state index contributed by atoms with van der Waals surface area (Å²) < 4.78 is 7.47. The molecule has 2 aromatic rings. The SMILES string of the molecule is COc1cccc(Br)c1-c1ccccc1Br. The smallest absolute Gasteiger partial charge is 0.127 e. The normalized spacial score (nSPS) is 10.2. The summed E-state index contributed by atoms with van der Waals surface area (Å²) in [6.45, 7) is 0. The van der Waals surface area contributed by atoms with Crippen LogP contribution in [0.3, 0.4) is 0 Å². The second-order valence-electron chi connectivity index (χ2n) is 3.30. The van der Waals surface area contributed by atoms with Crippen LogP contribution < -0.4 is 4.74 Å². The van der Waals surface area contributed by atoms with Crippen molar-refractivity contribution in [3.63, 3.8) is 0 Å². The molecule has 0 aliphatic carbocycles. The van der Waals surface area contributed by atoms with Crippen LogP contribution in [-0.2, 0) is 0 Å². The molecule has 0 aliphatic rings. The standard InChI is InChI=1S/C13H10Br2O/c1-16-12-8-4-7-11(15)13(12)9-5-2-3-6-10(9)14/h2-8H,1H3. The molecule has 3 heteroatoms. The molecular formula is C13H10Br2O. The van der Waals surface area contributed by atoms with E-state index < -0.39 is 0 Å². The Morgan fingerprint density at radius 1 is 0.875 bits per heavy atom. The predicted molar refractivity (Wildman–Crippen MR) is 73.8 cm³/mol. The number of ether oxygens (including phenoxy) is 1. The highest BCUT2D eigenvalue weighted by molar-refractivity contribution is 9.11. The van der Waals surface area contributed by atoms with E-state index in [0.717, 1.165) is 25.8 Å². The van der Waals surface area contributed by atoms with Crippen molar-refractivity contribution in [3.8, 4) is 16.9 Å². The summed E-state index contributed by atoms with van der Waals surface area (Å²) >= 11 is 7.11. The summed E-state index contributed by atoms with van der Waals surface area (Å²) in [7, 11) is 1.68. The van der Waals surface area contributed by atoms with Crippen LogP contribution in [0.4, 0.5) is 0 Å². The summed E-state index contributed by atoms with van der Waals surface area (Å²) in [5.74, 6) is 0.862. The van der Waals surface area contributed by atoms with Gasteiger partial charge in [-0.3, -0.25) is 0 Å². The summed E-state index contributed by atoms with van der Waals surface area (Å²) in [5.41, 5.74) is 2.18. The van der Waals surface area contributed by atoms with Crippen LogP contribution in [0.5, 0.6) is 5.75 Å². The Hall–Kier alpha value is -0.800. The van der Waals surface area contributed by atoms with Gasteiger partial charge in [0, 0.05) is 20.1 Å². The average molecular weight is 342 g/mol. The maximum atomic E-state index is 5.38. The van der Waals surface area contributed by atoms with Gasteiger partial charge < -0.3 is 4.74 Å². The molecule has 0 fully saturated rings. The lowest BCUT2D eigenvalue weighted by Crippen LogP contribution is -1.89. The lowest BCUT2D eigenvalue weighted by atomic mass is 10.0. The first kappa shape index (κ1) is 11.7. The van der Waals surface area contributed by atoms with Gasteiger partial charge in [-0.05, 0) is 18.2 Å². The number of hydrogen-bond acceptors (Lipinski definition) is 1. The first-order valence-corrected chi connectivity index (χ1v) is 6.40. The number of hydrogen-bond donors (Lipinski definition) is 0. The van der Waals surface area contributed by atoms with Crippen LogP contribution in [-0.4, -0.2) is 7.11 Å². The van der Waals surface area contributed by atoms with Gasteiger partial charge in [-0.1, -0.05) is 56.1 Å². The Bertz CT molecular complexity index is 509. The highest BCUT2D eigenvalue weighted by Gasteiger charge is 2.11. The predicted octanol–water partition coefficient (Wildman–Crippen LogP) is 4.89. The zero-order valence-corrected chi connectivity index (χ0v) is 11.9. The van der Waals surface area contributed by atoms with Gasteiger partial charge in [-0.15, -0.1) is 0 Å². The van der Waals surface area contributed by atoms with Crippen molar-refractivity contribution in [1.29, 1.82) is 0 Å². The molecule has 0 spiro atoms.